The Morgan fingerprint density at radius 3 is 2.38 bits per heavy atom. The fourth-order valence-corrected chi connectivity index (χ4v) is 0.975. The topological polar surface area (TPSA) is 9.23 Å². The predicted molar refractivity (Wildman–Crippen MR) is 42.3 cm³/mol. The first kappa shape index (κ1) is 9.89. The number of halogens is 3. The molecule has 0 aliphatic rings. The summed E-state index contributed by atoms with van der Waals surface area (Å²) in [7, 11) is 0. The number of alkyl halides is 3. The van der Waals surface area contributed by atoms with Gasteiger partial charge in [0.2, 0.25) is 0 Å². The van der Waals surface area contributed by atoms with Gasteiger partial charge in [-0.25, -0.2) is 0 Å². The highest BCUT2D eigenvalue weighted by atomic mass is 19.4. The van der Waals surface area contributed by atoms with Gasteiger partial charge in [0.15, 0.2) is 0 Å². The van der Waals surface area contributed by atoms with Gasteiger partial charge >= 0.3 is 6.36 Å². The molecule has 0 atom stereocenters. The van der Waals surface area contributed by atoms with Crippen LogP contribution in [0, 0.1) is 13.8 Å². The van der Waals surface area contributed by atoms with E-state index in [9.17, 15) is 13.2 Å². The highest BCUT2D eigenvalue weighted by molar-refractivity contribution is 5.42. The maximum absolute atomic E-state index is 11.9. The number of hydrogen-bond acceptors (Lipinski definition) is 1. The van der Waals surface area contributed by atoms with Crippen molar-refractivity contribution in [1.82, 2.24) is 0 Å². The second kappa shape index (κ2) is 3.28. The molecule has 1 radical (unpaired) electrons. The van der Waals surface area contributed by atoms with Crippen LogP contribution in [-0.4, -0.2) is 6.36 Å². The molecule has 71 valence electrons. The summed E-state index contributed by atoms with van der Waals surface area (Å²) in [6.45, 7) is 4.98. The lowest BCUT2D eigenvalue weighted by Gasteiger charge is -2.13. The van der Waals surface area contributed by atoms with Crippen LogP contribution in [0.4, 0.5) is 13.2 Å². The van der Waals surface area contributed by atoms with Gasteiger partial charge in [0.25, 0.3) is 0 Å². The predicted octanol–water partition coefficient (Wildman–Crippen LogP) is 3.08. The largest absolute Gasteiger partial charge is 0.573 e. The highest BCUT2D eigenvalue weighted by Crippen LogP contribution is 2.28. The van der Waals surface area contributed by atoms with Crippen molar-refractivity contribution in [2.24, 2.45) is 0 Å². The Labute approximate surface area is 74.1 Å². The molecule has 0 spiro atoms. The van der Waals surface area contributed by atoms with E-state index in [1.165, 1.54) is 19.1 Å². The zero-order valence-electron chi connectivity index (χ0n) is 6.98. The van der Waals surface area contributed by atoms with E-state index in [1.807, 2.05) is 0 Å². The van der Waals surface area contributed by atoms with Crippen LogP contribution in [0.3, 0.4) is 0 Å². The summed E-state index contributed by atoms with van der Waals surface area (Å²) in [6, 6.07) is 4.63. The molecular formula is C9H8F3O. The van der Waals surface area contributed by atoms with E-state index in [-0.39, 0.29) is 11.3 Å². The number of aryl methyl sites for hydroxylation is 1. The molecule has 0 N–H and O–H groups in total. The summed E-state index contributed by atoms with van der Waals surface area (Å²) >= 11 is 0. The molecule has 4 heteroatoms. The van der Waals surface area contributed by atoms with E-state index >= 15 is 0 Å². The molecule has 0 aliphatic heterocycles. The third kappa shape index (κ3) is 2.65. The summed E-state index contributed by atoms with van der Waals surface area (Å²) in [6.07, 6.45) is -4.65. The minimum atomic E-state index is -4.65. The number of benzene rings is 1. The first-order valence-electron chi connectivity index (χ1n) is 3.57. The van der Waals surface area contributed by atoms with Gasteiger partial charge in [0.05, 0.1) is 0 Å². The quantitative estimate of drug-likeness (QED) is 0.659. The molecule has 0 aliphatic carbocycles. The molecule has 0 fully saturated rings. The number of para-hydroxylation sites is 1. The summed E-state index contributed by atoms with van der Waals surface area (Å²) in [5.41, 5.74) is 0.655. The third-order valence-electron chi connectivity index (χ3n) is 1.51. The summed E-state index contributed by atoms with van der Waals surface area (Å²) in [5, 5.41) is 0. The Morgan fingerprint density at radius 2 is 1.92 bits per heavy atom. The molecule has 0 heterocycles. The molecule has 0 saturated carbocycles. The Morgan fingerprint density at radius 1 is 1.31 bits per heavy atom. The second-order valence-corrected chi connectivity index (χ2v) is 2.61. The van der Waals surface area contributed by atoms with Crippen molar-refractivity contribution in [3.8, 4) is 5.75 Å². The van der Waals surface area contributed by atoms with Crippen LogP contribution in [0.15, 0.2) is 18.2 Å². The fraction of sp³-hybridized carbons (Fsp3) is 0.222. The first-order chi connectivity index (χ1) is 5.90. The van der Waals surface area contributed by atoms with Gasteiger partial charge in [-0.3, -0.25) is 0 Å². The summed E-state index contributed by atoms with van der Waals surface area (Å²) in [5.74, 6) is -0.213. The van der Waals surface area contributed by atoms with E-state index < -0.39 is 6.36 Å². The van der Waals surface area contributed by atoms with Crippen LogP contribution in [0.25, 0.3) is 0 Å². The molecule has 0 unspecified atom stereocenters. The molecule has 1 nitrogen and oxygen atoms in total. The minimum absolute atomic E-state index is 0.213. The molecule has 0 aromatic heterocycles. The van der Waals surface area contributed by atoms with Gasteiger partial charge in [-0.15, -0.1) is 13.2 Å². The van der Waals surface area contributed by atoms with Gasteiger partial charge in [0.1, 0.15) is 5.75 Å². The molecule has 13 heavy (non-hydrogen) atoms. The Bertz CT molecular complexity index is 284. The Balaban J connectivity index is 3.00. The van der Waals surface area contributed by atoms with Crippen molar-refractivity contribution in [1.29, 1.82) is 0 Å². The molecular weight excluding hydrogens is 181 g/mol. The van der Waals surface area contributed by atoms with E-state index in [2.05, 4.69) is 11.7 Å². The maximum Gasteiger partial charge on any atom is 0.573 e. The summed E-state index contributed by atoms with van der Waals surface area (Å²) < 4.78 is 39.4. The van der Waals surface area contributed by atoms with Crippen molar-refractivity contribution in [2.75, 3.05) is 0 Å². The van der Waals surface area contributed by atoms with Crippen LogP contribution in [0.5, 0.6) is 5.75 Å². The number of hydrogen-bond donors (Lipinski definition) is 0. The lowest BCUT2D eigenvalue weighted by Crippen LogP contribution is -2.18. The molecule has 1 aromatic carbocycles. The van der Waals surface area contributed by atoms with E-state index in [4.69, 9.17) is 0 Å². The molecule has 0 amide bonds. The van der Waals surface area contributed by atoms with E-state index in [1.54, 1.807) is 6.07 Å². The normalized spacial score (nSPS) is 11.5. The molecule has 1 aromatic rings. The second-order valence-electron chi connectivity index (χ2n) is 2.61. The molecule has 0 saturated heterocycles. The van der Waals surface area contributed by atoms with Gasteiger partial charge in [-0.05, 0) is 25.0 Å². The first-order valence-corrected chi connectivity index (χ1v) is 3.57. The van der Waals surface area contributed by atoms with Crippen LogP contribution in [0.2, 0.25) is 0 Å². The highest BCUT2D eigenvalue weighted by Gasteiger charge is 2.32. The summed E-state index contributed by atoms with van der Waals surface area (Å²) in [4.78, 5) is 0. The number of rotatable bonds is 1. The lowest BCUT2D eigenvalue weighted by atomic mass is 10.1. The molecule has 1 rings (SSSR count). The van der Waals surface area contributed by atoms with Crippen LogP contribution < -0.4 is 4.74 Å². The van der Waals surface area contributed by atoms with Crippen LogP contribution in [0.1, 0.15) is 11.1 Å². The van der Waals surface area contributed by atoms with Gasteiger partial charge < -0.3 is 4.74 Å². The van der Waals surface area contributed by atoms with Crippen LogP contribution >= 0.6 is 0 Å². The molecule has 0 bridgehead atoms. The number of ether oxygens (including phenoxy) is 1. The smallest absolute Gasteiger partial charge is 0.405 e. The van der Waals surface area contributed by atoms with E-state index in [0.29, 0.717) is 5.56 Å². The average molecular weight is 189 g/mol. The standard InChI is InChI=1S/C9H8F3O/c1-6-4-3-5-7(2)8(6)13-9(10,11)12/h3-5H,1H2,2H3. The monoisotopic (exact) mass is 189 g/mol. The van der Waals surface area contributed by atoms with Crippen molar-refractivity contribution in [3.63, 3.8) is 0 Å². The van der Waals surface area contributed by atoms with E-state index in [0.717, 1.165) is 0 Å². The van der Waals surface area contributed by atoms with Crippen molar-refractivity contribution in [2.45, 2.75) is 13.3 Å². The van der Waals surface area contributed by atoms with Crippen molar-refractivity contribution < 1.29 is 17.9 Å². The Kier molecular flexibility index (Phi) is 2.50. The maximum atomic E-state index is 11.9. The van der Waals surface area contributed by atoms with Crippen molar-refractivity contribution >= 4 is 0 Å². The average Bonchev–Trinajstić information content (AvgIpc) is 1.95. The SMILES string of the molecule is [CH2]c1cccc(C)c1OC(F)(F)F. The lowest BCUT2D eigenvalue weighted by molar-refractivity contribution is -0.275. The van der Waals surface area contributed by atoms with Gasteiger partial charge in [-0.2, -0.15) is 0 Å². The van der Waals surface area contributed by atoms with Gasteiger partial charge in [-0.1, -0.05) is 18.2 Å². The van der Waals surface area contributed by atoms with Crippen LogP contribution in [-0.2, 0) is 0 Å². The zero-order valence-corrected chi connectivity index (χ0v) is 6.98. The van der Waals surface area contributed by atoms with Crippen molar-refractivity contribution in [3.05, 3.63) is 36.2 Å². The fourth-order valence-electron chi connectivity index (χ4n) is 0.975. The van der Waals surface area contributed by atoms with Gasteiger partial charge in [0, 0.05) is 0 Å². The minimum Gasteiger partial charge on any atom is -0.405 e. The third-order valence-corrected chi connectivity index (χ3v) is 1.51. The zero-order chi connectivity index (χ0) is 10.1. The Hall–Kier alpha value is -1.19.